The number of hydrogen-bond acceptors (Lipinski definition) is 7. The highest BCUT2D eigenvalue weighted by atomic mass is 16.5. The smallest absolute Gasteiger partial charge is 0.323 e. The lowest BCUT2D eigenvalue weighted by molar-refractivity contribution is 0.00467. The molecule has 0 atom stereocenters. The Morgan fingerprint density at radius 3 is 2.71 bits per heavy atom. The zero-order valence-corrected chi connectivity index (χ0v) is 12.7. The van der Waals surface area contributed by atoms with Crippen LogP contribution in [0.1, 0.15) is 20.3 Å². The molecule has 0 amide bonds. The summed E-state index contributed by atoms with van der Waals surface area (Å²) in [5.74, 6) is 0.830. The standard InChI is InChI=1S/C13H20N6O2/c1-13(2,20-4)6-9-21-12-17-10(14-3)16-11(18-12)19-8-5-7-15-19/h5,7-8H,6,9H2,1-4H3,(H,14,16,17,18). The summed E-state index contributed by atoms with van der Waals surface area (Å²) in [7, 11) is 3.41. The van der Waals surface area contributed by atoms with Gasteiger partial charge < -0.3 is 14.8 Å². The van der Waals surface area contributed by atoms with Gasteiger partial charge in [-0.1, -0.05) is 0 Å². The molecule has 0 saturated heterocycles. The van der Waals surface area contributed by atoms with Gasteiger partial charge in [-0.3, -0.25) is 0 Å². The Labute approximate surface area is 123 Å². The Hall–Kier alpha value is -2.22. The van der Waals surface area contributed by atoms with E-state index in [0.29, 0.717) is 18.5 Å². The van der Waals surface area contributed by atoms with Gasteiger partial charge in [0.05, 0.1) is 12.2 Å². The number of rotatable bonds is 7. The van der Waals surface area contributed by atoms with Crippen LogP contribution in [0, 0.1) is 0 Å². The summed E-state index contributed by atoms with van der Waals surface area (Å²) in [5, 5.41) is 6.98. The van der Waals surface area contributed by atoms with Crippen LogP contribution in [0.15, 0.2) is 18.5 Å². The molecule has 1 N–H and O–H groups in total. The van der Waals surface area contributed by atoms with E-state index in [-0.39, 0.29) is 11.6 Å². The van der Waals surface area contributed by atoms with Gasteiger partial charge in [0.25, 0.3) is 5.95 Å². The number of aromatic nitrogens is 5. The lowest BCUT2D eigenvalue weighted by Gasteiger charge is -2.22. The molecule has 114 valence electrons. The lowest BCUT2D eigenvalue weighted by Crippen LogP contribution is -2.25. The van der Waals surface area contributed by atoms with Gasteiger partial charge in [-0.15, -0.1) is 0 Å². The zero-order chi connectivity index (χ0) is 15.3. The molecule has 0 saturated carbocycles. The highest BCUT2D eigenvalue weighted by Gasteiger charge is 2.17. The van der Waals surface area contributed by atoms with Crippen molar-refractivity contribution in [3.05, 3.63) is 18.5 Å². The average molecular weight is 292 g/mol. The molecule has 0 unspecified atom stereocenters. The largest absolute Gasteiger partial charge is 0.463 e. The molecule has 2 aromatic heterocycles. The fourth-order valence-electron chi connectivity index (χ4n) is 1.50. The van der Waals surface area contributed by atoms with E-state index < -0.39 is 0 Å². The van der Waals surface area contributed by atoms with Gasteiger partial charge in [-0.05, 0) is 19.9 Å². The van der Waals surface area contributed by atoms with Crippen molar-refractivity contribution in [1.82, 2.24) is 24.7 Å². The van der Waals surface area contributed by atoms with Gasteiger partial charge in [0.1, 0.15) is 0 Å². The molecule has 0 bridgehead atoms. The van der Waals surface area contributed by atoms with Crippen LogP contribution in [0.25, 0.3) is 5.95 Å². The van der Waals surface area contributed by atoms with Crippen molar-refractivity contribution in [2.75, 3.05) is 26.1 Å². The highest BCUT2D eigenvalue weighted by Crippen LogP contribution is 2.15. The van der Waals surface area contributed by atoms with Crippen LogP contribution in [0.4, 0.5) is 5.95 Å². The van der Waals surface area contributed by atoms with E-state index in [9.17, 15) is 0 Å². The topological polar surface area (TPSA) is 87.0 Å². The fraction of sp³-hybridized carbons (Fsp3) is 0.538. The third-order valence-electron chi connectivity index (χ3n) is 3.02. The maximum atomic E-state index is 5.60. The van der Waals surface area contributed by atoms with E-state index in [4.69, 9.17) is 9.47 Å². The van der Waals surface area contributed by atoms with E-state index in [2.05, 4.69) is 25.4 Å². The van der Waals surface area contributed by atoms with E-state index >= 15 is 0 Å². The molecule has 0 radical (unpaired) electrons. The minimum atomic E-state index is -0.246. The number of hydrogen-bond donors (Lipinski definition) is 1. The minimum absolute atomic E-state index is 0.246. The molecular formula is C13H20N6O2. The average Bonchev–Trinajstić information content (AvgIpc) is 3.01. The van der Waals surface area contributed by atoms with Crippen molar-refractivity contribution in [3.8, 4) is 12.0 Å². The number of nitrogens with one attached hydrogen (secondary N) is 1. The monoisotopic (exact) mass is 292 g/mol. The molecule has 2 heterocycles. The molecule has 0 aliphatic rings. The van der Waals surface area contributed by atoms with E-state index in [0.717, 1.165) is 6.42 Å². The number of anilines is 1. The van der Waals surface area contributed by atoms with Crippen molar-refractivity contribution in [3.63, 3.8) is 0 Å². The van der Waals surface area contributed by atoms with Crippen LogP contribution in [0.3, 0.4) is 0 Å². The maximum Gasteiger partial charge on any atom is 0.323 e. The molecule has 0 aliphatic heterocycles. The fourth-order valence-corrected chi connectivity index (χ4v) is 1.50. The zero-order valence-electron chi connectivity index (χ0n) is 12.7. The molecule has 0 fully saturated rings. The summed E-state index contributed by atoms with van der Waals surface area (Å²) in [6.45, 7) is 4.45. The molecule has 0 aliphatic carbocycles. The van der Waals surface area contributed by atoms with Crippen LogP contribution in [0.5, 0.6) is 6.01 Å². The normalized spacial score (nSPS) is 11.4. The number of methoxy groups -OCH3 is 1. The molecule has 0 aromatic carbocycles. The summed E-state index contributed by atoms with van der Waals surface area (Å²) in [6, 6.07) is 2.05. The lowest BCUT2D eigenvalue weighted by atomic mass is 10.1. The predicted octanol–water partition coefficient (Wildman–Crippen LogP) is 1.29. The first-order chi connectivity index (χ1) is 10.0. The van der Waals surface area contributed by atoms with E-state index in [1.165, 1.54) is 0 Å². The first-order valence-corrected chi connectivity index (χ1v) is 6.66. The van der Waals surface area contributed by atoms with Crippen molar-refractivity contribution in [2.45, 2.75) is 25.9 Å². The van der Waals surface area contributed by atoms with Crippen molar-refractivity contribution < 1.29 is 9.47 Å². The summed E-state index contributed by atoms with van der Waals surface area (Å²) in [4.78, 5) is 12.6. The molecule has 21 heavy (non-hydrogen) atoms. The van der Waals surface area contributed by atoms with Crippen LogP contribution < -0.4 is 10.1 Å². The quantitative estimate of drug-likeness (QED) is 0.822. The van der Waals surface area contributed by atoms with Gasteiger partial charge >= 0.3 is 6.01 Å². The van der Waals surface area contributed by atoms with Gasteiger partial charge in [0, 0.05) is 33.0 Å². The van der Waals surface area contributed by atoms with Crippen LogP contribution in [0.2, 0.25) is 0 Å². The van der Waals surface area contributed by atoms with Crippen LogP contribution >= 0.6 is 0 Å². The SMILES string of the molecule is CNc1nc(OCCC(C)(C)OC)nc(-n2cccn2)n1. The Balaban J connectivity index is 2.10. The molecular weight excluding hydrogens is 272 g/mol. The molecule has 2 aromatic rings. The Morgan fingerprint density at radius 1 is 1.29 bits per heavy atom. The molecule has 8 nitrogen and oxygen atoms in total. The molecule has 2 rings (SSSR count). The second-order valence-electron chi connectivity index (χ2n) is 5.00. The molecule has 0 spiro atoms. The summed E-state index contributed by atoms with van der Waals surface area (Å²) < 4.78 is 12.5. The minimum Gasteiger partial charge on any atom is -0.463 e. The van der Waals surface area contributed by atoms with Crippen LogP contribution in [-0.2, 0) is 4.74 Å². The second-order valence-corrected chi connectivity index (χ2v) is 5.00. The third kappa shape index (κ3) is 4.12. The Bertz CT molecular complexity index is 570. The summed E-state index contributed by atoms with van der Waals surface area (Å²) in [6.07, 6.45) is 4.14. The summed E-state index contributed by atoms with van der Waals surface area (Å²) >= 11 is 0. The highest BCUT2D eigenvalue weighted by molar-refractivity contribution is 5.28. The van der Waals surface area contributed by atoms with Gasteiger partial charge in [-0.2, -0.15) is 20.1 Å². The van der Waals surface area contributed by atoms with Gasteiger partial charge in [0.15, 0.2) is 0 Å². The van der Waals surface area contributed by atoms with Crippen molar-refractivity contribution >= 4 is 5.95 Å². The van der Waals surface area contributed by atoms with Gasteiger partial charge in [0.2, 0.25) is 5.95 Å². The first kappa shape index (κ1) is 15.2. The Kier molecular flexibility index (Phi) is 4.69. The maximum absolute atomic E-state index is 5.60. The number of nitrogens with zero attached hydrogens (tertiary/aromatic N) is 5. The van der Waals surface area contributed by atoms with Crippen molar-refractivity contribution in [1.29, 1.82) is 0 Å². The first-order valence-electron chi connectivity index (χ1n) is 6.66. The van der Waals surface area contributed by atoms with Crippen molar-refractivity contribution in [2.24, 2.45) is 0 Å². The van der Waals surface area contributed by atoms with E-state index in [1.54, 1.807) is 37.3 Å². The second kappa shape index (κ2) is 6.49. The molecule has 8 heteroatoms. The predicted molar refractivity (Wildman–Crippen MR) is 77.7 cm³/mol. The number of ether oxygens (including phenoxy) is 2. The van der Waals surface area contributed by atoms with Crippen LogP contribution in [-0.4, -0.2) is 51.1 Å². The Morgan fingerprint density at radius 2 is 2.10 bits per heavy atom. The van der Waals surface area contributed by atoms with E-state index in [1.807, 2.05) is 13.8 Å². The van der Waals surface area contributed by atoms with Gasteiger partial charge in [-0.25, -0.2) is 4.68 Å². The third-order valence-corrected chi connectivity index (χ3v) is 3.02. The summed E-state index contributed by atoms with van der Waals surface area (Å²) in [5.41, 5.74) is -0.246.